The maximum absolute atomic E-state index is 13.7. The average Bonchev–Trinajstić information content (AvgIpc) is 2.46. The van der Waals surface area contributed by atoms with Crippen molar-refractivity contribution in [3.05, 3.63) is 0 Å². The molecule has 0 spiro atoms. The smallest absolute Gasteiger partial charge is 0.317 e. The van der Waals surface area contributed by atoms with Crippen LogP contribution in [0.5, 0.6) is 0 Å². The van der Waals surface area contributed by atoms with Gasteiger partial charge in [-0.05, 0) is 20.9 Å². The van der Waals surface area contributed by atoms with Crippen LogP contribution in [0.3, 0.4) is 0 Å². The summed E-state index contributed by atoms with van der Waals surface area (Å²) in [4.78, 5) is 14.3. The van der Waals surface area contributed by atoms with Gasteiger partial charge >= 0.3 is 5.97 Å². The zero-order valence-corrected chi connectivity index (χ0v) is 10.2. The minimum atomic E-state index is -0.864. The highest BCUT2D eigenvalue weighted by atomic mass is 19.1. The maximum Gasteiger partial charge on any atom is 0.317 e. The minimum absolute atomic E-state index is 0.0229. The highest BCUT2D eigenvalue weighted by Gasteiger charge is 2.34. The van der Waals surface area contributed by atoms with Gasteiger partial charge in [0.2, 0.25) is 0 Å². The SMILES string of the molecule is CC(C)N1CC(F)C(CN(C)CC(=O)O)C1. The Morgan fingerprint density at radius 1 is 1.56 bits per heavy atom. The monoisotopic (exact) mass is 232 g/mol. The lowest BCUT2D eigenvalue weighted by atomic mass is 10.1. The molecule has 0 saturated carbocycles. The largest absolute Gasteiger partial charge is 0.480 e. The average molecular weight is 232 g/mol. The van der Waals surface area contributed by atoms with Gasteiger partial charge in [0.1, 0.15) is 6.17 Å². The van der Waals surface area contributed by atoms with Crippen molar-refractivity contribution in [2.75, 3.05) is 33.2 Å². The number of halogens is 1. The minimum Gasteiger partial charge on any atom is -0.480 e. The third kappa shape index (κ3) is 3.72. The number of hydrogen-bond donors (Lipinski definition) is 1. The fourth-order valence-corrected chi connectivity index (χ4v) is 2.15. The first-order valence-corrected chi connectivity index (χ1v) is 5.68. The van der Waals surface area contributed by atoms with Crippen LogP contribution < -0.4 is 0 Å². The van der Waals surface area contributed by atoms with E-state index in [9.17, 15) is 9.18 Å². The number of alkyl halides is 1. The Balaban J connectivity index is 2.40. The van der Waals surface area contributed by atoms with Crippen LogP contribution in [-0.2, 0) is 4.79 Å². The molecule has 1 heterocycles. The van der Waals surface area contributed by atoms with Gasteiger partial charge in [0, 0.05) is 31.6 Å². The Hall–Kier alpha value is -0.680. The van der Waals surface area contributed by atoms with Gasteiger partial charge in [-0.1, -0.05) is 0 Å². The zero-order chi connectivity index (χ0) is 12.3. The van der Waals surface area contributed by atoms with Crippen molar-refractivity contribution in [3.63, 3.8) is 0 Å². The normalized spacial score (nSPS) is 26.9. The standard InChI is InChI=1S/C11H21FN2O2/c1-8(2)14-5-9(10(12)6-14)4-13(3)7-11(15)16/h8-10H,4-7H2,1-3H3,(H,15,16). The number of likely N-dealkylation sites (N-methyl/N-ethyl adjacent to an activating group) is 1. The molecule has 2 atom stereocenters. The topological polar surface area (TPSA) is 43.8 Å². The van der Waals surface area contributed by atoms with E-state index < -0.39 is 12.1 Å². The lowest BCUT2D eigenvalue weighted by Crippen LogP contribution is -2.34. The second-order valence-electron chi connectivity index (χ2n) is 4.91. The van der Waals surface area contributed by atoms with E-state index in [-0.39, 0.29) is 12.5 Å². The molecule has 16 heavy (non-hydrogen) atoms. The van der Waals surface area contributed by atoms with Gasteiger partial charge < -0.3 is 5.11 Å². The van der Waals surface area contributed by atoms with Crippen LogP contribution in [0.25, 0.3) is 0 Å². The van der Waals surface area contributed by atoms with E-state index >= 15 is 0 Å². The fraction of sp³-hybridized carbons (Fsp3) is 0.909. The lowest BCUT2D eigenvalue weighted by molar-refractivity contribution is -0.138. The number of hydrogen-bond acceptors (Lipinski definition) is 3. The first kappa shape index (κ1) is 13.4. The molecule has 0 aromatic rings. The van der Waals surface area contributed by atoms with E-state index in [1.165, 1.54) is 0 Å². The van der Waals surface area contributed by atoms with Gasteiger partial charge in [-0.25, -0.2) is 4.39 Å². The molecule has 0 aromatic carbocycles. The maximum atomic E-state index is 13.7. The molecule has 1 aliphatic heterocycles. The van der Waals surface area contributed by atoms with Crippen LogP contribution in [0, 0.1) is 5.92 Å². The molecule has 94 valence electrons. The predicted octanol–water partition coefficient (Wildman–Crippen LogP) is 0.681. The Morgan fingerprint density at radius 3 is 2.62 bits per heavy atom. The van der Waals surface area contributed by atoms with E-state index in [0.717, 1.165) is 6.54 Å². The van der Waals surface area contributed by atoms with E-state index in [4.69, 9.17) is 5.11 Å². The van der Waals surface area contributed by atoms with Crippen molar-refractivity contribution in [1.82, 2.24) is 9.80 Å². The third-order valence-electron chi connectivity index (χ3n) is 3.07. The highest BCUT2D eigenvalue weighted by molar-refractivity contribution is 5.68. The molecule has 1 rings (SSSR count). The van der Waals surface area contributed by atoms with Gasteiger partial charge in [0.05, 0.1) is 6.54 Å². The quantitative estimate of drug-likeness (QED) is 0.757. The highest BCUT2D eigenvalue weighted by Crippen LogP contribution is 2.22. The summed E-state index contributed by atoms with van der Waals surface area (Å²) in [6.07, 6.45) is -0.835. The first-order valence-electron chi connectivity index (χ1n) is 5.68. The van der Waals surface area contributed by atoms with Crippen LogP contribution in [0.2, 0.25) is 0 Å². The molecule has 1 fully saturated rings. The molecule has 0 aromatic heterocycles. The van der Waals surface area contributed by atoms with E-state index in [0.29, 0.717) is 19.1 Å². The van der Waals surface area contributed by atoms with Crippen molar-refractivity contribution in [1.29, 1.82) is 0 Å². The Morgan fingerprint density at radius 2 is 2.19 bits per heavy atom. The molecule has 0 aliphatic carbocycles. The van der Waals surface area contributed by atoms with Crippen molar-refractivity contribution in [2.24, 2.45) is 5.92 Å². The summed E-state index contributed by atoms with van der Waals surface area (Å²) in [6.45, 7) is 5.79. The molecule has 0 amide bonds. The van der Waals surface area contributed by atoms with Crippen molar-refractivity contribution in [3.8, 4) is 0 Å². The Labute approximate surface area is 96.0 Å². The molecule has 4 nitrogen and oxygen atoms in total. The number of likely N-dealkylation sites (tertiary alicyclic amines) is 1. The third-order valence-corrected chi connectivity index (χ3v) is 3.07. The Bertz CT molecular complexity index is 248. The lowest BCUT2D eigenvalue weighted by Gasteiger charge is -2.22. The predicted molar refractivity (Wildman–Crippen MR) is 60.2 cm³/mol. The second kappa shape index (κ2) is 5.59. The van der Waals surface area contributed by atoms with Crippen molar-refractivity contribution < 1.29 is 14.3 Å². The summed E-state index contributed by atoms with van der Waals surface area (Å²) in [5, 5.41) is 8.62. The van der Waals surface area contributed by atoms with Gasteiger partial charge in [0.15, 0.2) is 0 Å². The van der Waals surface area contributed by atoms with Crippen LogP contribution in [0.4, 0.5) is 4.39 Å². The molecule has 2 unspecified atom stereocenters. The van der Waals surface area contributed by atoms with Crippen molar-refractivity contribution in [2.45, 2.75) is 26.1 Å². The van der Waals surface area contributed by atoms with E-state index in [2.05, 4.69) is 18.7 Å². The molecule has 1 N–H and O–H groups in total. The van der Waals surface area contributed by atoms with Gasteiger partial charge in [-0.3, -0.25) is 14.6 Å². The molecule has 0 radical (unpaired) electrons. The van der Waals surface area contributed by atoms with E-state index in [1.54, 1.807) is 11.9 Å². The number of carboxylic acid groups (broad SMARTS) is 1. The molecular weight excluding hydrogens is 211 g/mol. The molecule has 1 aliphatic rings. The summed E-state index contributed by atoms with van der Waals surface area (Å²) in [5.41, 5.74) is 0. The zero-order valence-electron chi connectivity index (χ0n) is 10.2. The summed E-state index contributed by atoms with van der Waals surface area (Å²) in [6, 6.07) is 0.355. The number of carboxylic acids is 1. The van der Waals surface area contributed by atoms with Gasteiger partial charge in [-0.15, -0.1) is 0 Å². The van der Waals surface area contributed by atoms with Crippen LogP contribution in [0.15, 0.2) is 0 Å². The second-order valence-corrected chi connectivity index (χ2v) is 4.91. The van der Waals surface area contributed by atoms with Gasteiger partial charge in [-0.2, -0.15) is 0 Å². The molecular formula is C11H21FN2O2. The summed E-state index contributed by atoms with van der Waals surface area (Å²) in [7, 11) is 1.72. The molecule has 0 bridgehead atoms. The van der Waals surface area contributed by atoms with Crippen molar-refractivity contribution >= 4 is 5.97 Å². The summed E-state index contributed by atoms with van der Waals surface area (Å²) in [5.74, 6) is -0.927. The Kier molecular flexibility index (Phi) is 4.68. The summed E-state index contributed by atoms with van der Waals surface area (Å²) < 4.78 is 13.7. The molecule has 1 saturated heterocycles. The number of nitrogens with zero attached hydrogens (tertiary/aromatic N) is 2. The van der Waals surface area contributed by atoms with Crippen LogP contribution >= 0.6 is 0 Å². The van der Waals surface area contributed by atoms with Crippen LogP contribution in [-0.4, -0.2) is 66.3 Å². The van der Waals surface area contributed by atoms with E-state index in [1.807, 2.05) is 0 Å². The number of rotatable bonds is 5. The van der Waals surface area contributed by atoms with Gasteiger partial charge in [0.25, 0.3) is 0 Å². The first-order chi connectivity index (χ1) is 7.40. The fourth-order valence-electron chi connectivity index (χ4n) is 2.15. The number of aliphatic carboxylic acids is 1. The summed E-state index contributed by atoms with van der Waals surface area (Å²) >= 11 is 0. The number of carbonyl (C=O) groups is 1. The van der Waals surface area contributed by atoms with Crippen LogP contribution in [0.1, 0.15) is 13.8 Å². The molecule has 5 heteroatoms.